The second-order valence-corrected chi connectivity index (χ2v) is 4.51. The molecule has 1 rings (SSSR count). The highest BCUT2D eigenvalue weighted by Gasteiger charge is 2.05. The van der Waals surface area contributed by atoms with Gasteiger partial charge >= 0.3 is 0 Å². The average molecular weight is 264 g/mol. The van der Waals surface area contributed by atoms with Crippen LogP contribution >= 0.6 is 0 Å². The van der Waals surface area contributed by atoms with Gasteiger partial charge in [-0.3, -0.25) is 10.2 Å². The molecule has 1 aromatic carbocycles. The van der Waals surface area contributed by atoms with E-state index in [9.17, 15) is 4.79 Å². The fourth-order valence-electron chi connectivity index (χ4n) is 2.05. The maximum Gasteiger partial charge on any atom is 0.234 e. The Hall–Kier alpha value is -1.55. The highest BCUT2D eigenvalue weighted by Crippen LogP contribution is 2.22. The van der Waals surface area contributed by atoms with Gasteiger partial charge in [0.15, 0.2) is 0 Å². The molecule has 4 heteroatoms. The zero-order chi connectivity index (χ0) is 14.1. The zero-order valence-electron chi connectivity index (χ0n) is 12.1. The van der Waals surface area contributed by atoms with E-state index in [1.54, 1.807) is 14.2 Å². The lowest BCUT2D eigenvalue weighted by Gasteiger charge is -2.10. The first-order valence-corrected chi connectivity index (χ1v) is 6.82. The number of hydrogen-bond acceptors (Lipinski definition) is 3. The van der Waals surface area contributed by atoms with Gasteiger partial charge in [-0.15, -0.1) is 0 Å². The first-order valence-electron chi connectivity index (χ1n) is 6.82. The van der Waals surface area contributed by atoms with E-state index in [1.807, 2.05) is 6.07 Å². The lowest BCUT2D eigenvalue weighted by molar-refractivity contribution is -0.122. The average Bonchev–Trinajstić information content (AvgIpc) is 2.43. The van der Waals surface area contributed by atoms with Crippen LogP contribution in [0.4, 0.5) is 0 Å². The third-order valence-corrected chi connectivity index (χ3v) is 3.12. The maximum absolute atomic E-state index is 11.3. The number of rotatable bonds is 8. The van der Waals surface area contributed by atoms with Gasteiger partial charge in [-0.05, 0) is 42.9 Å². The molecule has 4 nitrogen and oxygen atoms in total. The van der Waals surface area contributed by atoms with Gasteiger partial charge in [-0.2, -0.15) is 0 Å². The first kappa shape index (κ1) is 15.5. The summed E-state index contributed by atoms with van der Waals surface area (Å²) < 4.78 is 5.37. The molecule has 0 heterocycles. The number of carbonyl (C=O) groups is 1. The summed E-state index contributed by atoms with van der Waals surface area (Å²) in [5.74, 6) is 0.980. The van der Waals surface area contributed by atoms with Gasteiger partial charge in [0.05, 0.1) is 7.11 Å². The lowest BCUT2D eigenvalue weighted by atomic mass is 10.0. The number of nitrogens with one attached hydrogen (secondary N) is 2. The summed E-state index contributed by atoms with van der Waals surface area (Å²) in [5.41, 5.74) is 7.77. The van der Waals surface area contributed by atoms with Crippen LogP contribution in [0.15, 0.2) is 18.2 Å². The summed E-state index contributed by atoms with van der Waals surface area (Å²) in [7, 11) is 3.39. The van der Waals surface area contributed by atoms with Gasteiger partial charge in [0.25, 0.3) is 0 Å². The number of unbranched alkanes of at least 4 members (excludes halogenated alkanes) is 1. The van der Waals surface area contributed by atoms with Crippen LogP contribution in [0.3, 0.4) is 0 Å². The van der Waals surface area contributed by atoms with E-state index in [0.717, 1.165) is 31.4 Å². The predicted octanol–water partition coefficient (Wildman–Crippen LogP) is 2.22. The number of methoxy groups -OCH3 is 1. The molecule has 0 aliphatic carbocycles. The first-order chi connectivity index (χ1) is 9.21. The fraction of sp³-hybridized carbons (Fsp3) is 0.533. The van der Waals surface area contributed by atoms with Gasteiger partial charge in [0.2, 0.25) is 5.91 Å². The molecule has 0 saturated heterocycles. The van der Waals surface area contributed by atoms with Gasteiger partial charge in [0, 0.05) is 13.5 Å². The van der Waals surface area contributed by atoms with Crippen molar-refractivity contribution < 1.29 is 9.53 Å². The minimum atomic E-state index is 0.0387. The van der Waals surface area contributed by atoms with Crippen molar-refractivity contribution in [1.82, 2.24) is 10.9 Å². The fourth-order valence-corrected chi connectivity index (χ4v) is 2.05. The van der Waals surface area contributed by atoms with Crippen molar-refractivity contribution in [2.75, 3.05) is 14.2 Å². The Morgan fingerprint density at radius 3 is 2.74 bits per heavy atom. The van der Waals surface area contributed by atoms with Crippen LogP contribution in [0.2, 0.25) is 0 Å². The van der Waals surface area contributed by atoms with E-state index < -0.39 is 0 Å². The molecule has 2 N–H and O–H groups in total. The molecule has 0 saturated carbocycles. The Kier molecular flexibility index (Phi) is 6.97. The number of ether oxygens (including phenoxy) is 1. The molecule has 1 aromatic rings. The normalized spacial score (nSPS) is 10.3. The minimum absolute atomic E-state index is 0.0387. The largest absolute Gasteiger partial charge is 0.496 e. The van der Waals surface area contributed by atoms with E-state index in [1.165, 1.54) is 11.1 Å². The Morgan fingerprint density at radius 1 is 1.32 bits per heavy atom. The predicted molar refractivity (Wildman–Crippen MR) is 77.1 cm³/mol. The Morgan fingerprint density at radius 2 is 2.11 bits per heavy atom. The van der Waals surface area contributed by atoms with Crippen molar-refractivity contribution in [3.05, 3.63) is 29.3 Å². The van der Waals surface area contributed by atoms with Crippen LogP contribution < -0.4 is 15.6 Å². The third kappa shape index (κ3) is 5.30. The van der Waals surface area contributed by atoms with E-state index in [0.29, 0.717) is 6.42 Å². The second-order valence-electron chi connectivity index (χ2n) is 4.51. The number of carbonyl (C=O) groups excluding carboxylic acids is 1. The van der Waals surface area contributed by atoms with E-state index in [4.69, 9.17) is 4.74 Å². The number of hydrogen-bond donors (Lipinski definition) is 2. The van der Waals surface area contributed by atoms with E-state index >= 15 is 0 Å². The van der Waals surface area contributed by atoms with Crippen molar-refractivity contribution in [1.29, 1.82) is 0 Å². The molecular weight excluding hydrogens is 240 g/mol. The Balaban J connectivity index is 2.45. The molecule has 1 amide bonds. The minimum Gasteiger partial charge on any atom is -0.496 e. The third-order valence-electron chi connectivity index (χ3n) is 3.12. The summed E-state index contributed by atoms with van der Waals surface area (Å²) in [6.07, 6.45) is 4.40. The Labute approximate surface area is 115 Å². The van der Waals surface area contributed by atoms with Crippen LogP contribution in [-0.4, -0.2) is 20.1 Å². The molecule has 0 atom stereocenters. The van der Waals surface area contributed by atoms with Crippen molar-refractivity contribution in [2.24, 2.45) is 0 Å². The monoisotopic (exact) mass is 264 g/mol. The number of benzene rings is 1. The highest BCUT2D eigenvalue weighted by atomic mass is 16.5. The molecule has 0 aliphatic heterocycles. The van der Waals surface area contributed by atoms with Crippen LogP contribution in [-0.2, 0) is 17.6 Å². The topological polar surface area (TPSA) is 50.4 Å². The maximum atomic E-state index is 11.3. The molecule has 0 unspecified atom stereocenters. The van der Waals surface area contributed by atoms with Gasteiger partial charge < -0.3 is 4.74 Å². The van der Waals surface area contributed by atoms with Crippen molar-refractivity contribution >= 4 is 5.91 Å². The van der Waals surface area contributed by atoms with Crippen molar-refractivity contribution in [2.45, 2.75) is 39.0 Å². The number of hydrazine groups is 1. The molecule has 0 radical (unpaired) electrons. The van der Waals surface area contributed by atoms with Gasteiger partial charge in [-0.1, -0.05) is 19.1 Å². The van der Waals surface area contributed by atoms with Crippen LogP contribution in [0.5, 0.6) is 5.75 Å². The van der Waals surface area contributed by atoms with Crippen LogP contribution in [0.1, 0.15) is 37.3 Å². The molecule has 0 aliphatic rings. The van der Waals surface area contributed by atoms with E-state index in [2.05, 4.69) is 29.9 Å². The molecule has 19 heavy (non-hydrogen) atoms. The summed E-state index contributed by atoms with van der Waals surface area (Å²) >= 11 is 0. The van der Waals surface area contributed by atoms with Crippen molar-refractivity contribution in [3.63, 3.8) is 0 Å². The number of amides is 1. The zero-order valence-corrected chi connectivity index (χ0v) is 12.1. The molecule has 0 fully saturated rings. The summed E-state index contributed by atoms with van der Waals surface area (Å²) in [4.78, 5) is 11.3. The van der Waals surface area contributed by atoms with Gasteiger partial charge in [0.1, 0.15) is 5.75 Å². The molecule has 0 spiro atoms. The van der Waals surface area contributed by atoms with Crippen molar-refractivity contribution in [3.8, 4) is 5.75 Å². The van der Waals surface area contributed by atoms with Crippen LogP contribution in [0.25, 0.3) is 0 Å². The second kappa shape index (κ2) is 8.53. The van der Waals surface area contributed by atoms with Crippen LogP contribution in [0, 0.1) is 0 Å². The Bertz CT molecular complexity index is 405. The summed E-state index contributed by atoms with van der Waals surface area (Å²) in [5, 5.41) is 0. The van der Waals surface area contributed by atoms with Gasteiger partial charge in [-0.25, -0.2) is 5.43 Å². The molecule has 106 valence electrons. The lowest BCUT2D eigenvalue weighted by Crippen LogP contribution is -2.33. The quantitative estimate of drug-likeness (QED) is 0.559. The molecule has 0 aromatic heterocycles. The summed E-state index contributed by atoms with van der Waals surface area (Å²) in [6, 6.07) is 6.33. The standard InChI is InChI=1S/C15H24N2O2/c1-4-12-9-10-14(19-3)13(11-12)7-5-6-8-15(18)17-16-2/h9-11,16H,4-8H2,1-3H3,(H,17,18). The SMILES string of the molecule is CCc1ccc(OC)c(CCCCC(=O)NNC)c1. The smallest absolute Gasteiger partial charge is 0.234 e. The summed E-state index contributed by atoms with van der Waals surface area (Å²) in [6.45, 7) is 2.15. The molecular formula is C15H24N2O2. The van der Waals surface area contributed by atoms with E-state index in [-0.39, 0.29) is 5.91 Å². The molecule has 0 bridgehead atoms. The highest BCUT2D eigenvalue weighted by molar-refractivity contribution is 5.75. The number of aryl methyl sites for hydroxylation is 2.